The largest absolute Gasteiger partial charge is 0.463 e. The Hall–Kier alpha value is -2.74. The van der Waals surface area contributed by atoms with Gasteiger partial charge in [-0.25, -0.2) is 4.79 Å². The molecule has 7 nitrogen and oxygen atoms in total. The highest BCUT2D eigenvalue weighted by Gasteiger charge is 2.17. The lowest BCUT2D eigenvalue weighted by Gasteiger charge is -2.20. The molecule has 0 unspecified atom stereocenters. The average Bonchev–Trinajstić information content (AvgIpc) is 2.95. The van der Waals surface area contributed by atoms with Gasteiger partial charge in [-0.1, -0.05) is 18.9 Å². The number of carbonyl (C=O) groups is 3. The Morgan fingerprint density at radius 1 is 1.14 bits per heavy atom. The number of hydrogen-bond acceptors (Lipinski definition) is 5. The number of hydrogen-bond donors (Lipinski definition) is 2. The van der Waals surface area contributed by atoms with Crippen molar-refractivity contribution < 1.29 is 19.1 Å². The molecular formula is C20H25N3O4S. The monoisotopic (exact) mass is 403 g/mol. The van der Waals surface area contributed by atoms with Crippen LogP contribution in [0.2, 0.25) is 0 Å². The summed E-state index contributed by atoms with van der Waals surface area (Å²) >= 11 is 5.11. The van der Waals surface area contributed by atoms with Crippen molar-refractivity contribution in [3.63, 3.8) is 0 Å². The maximum absolute atomic E-state index is 12.7. The van der Waals surface area contributed by atoms with Gasteiger partial charge < -0.3 is 15.0 Å². The molecule has 28 heavy (non-hydrogen) atoms. The number of likely N-dealkylation sites (tertiary alicyclic amines) is 1. The summed E-state index contributed by atoms with van der Waals surface area (Å²) in [6.07, 6.45) is 6.44. The third kappa shape index (κ3) is 7.11. The van der Waals surface area contributed by atoms with E-state index in [0.717, 1.165) is 50.9 Å². The van der Waals surface area contributed by atoms with E-state index in [1.807, 2.05) is 4.90 Å². The summed E-state index contributed by atoms with van der Waals surface area (Å²) in [7, 11) is 0. The lowest BCUT2D eigenvalue weighted by molar-refractivity contribution is -0.137. The number of nitrogens with zero attached hydrogens (tertiary/aromatic N) is 1. The van der Waals surface area contributed by atoms with E-state index in [0.29, 0.717) is 11.3 Å². The van der Waals surface area contributed by atoms with Crippen molar-refractivity contribution in [1.82, 2.24) is 10.2 Å². The highest BCUT2D eigenvalue weighted by atomic mass is 32.1. The van der Waals surface area contributed by atoms with Crippen LogP contribution in [0.4, 0.5) is 5.69 Å². The number of nitrogens with one attached hydrogen (secondary N) is 2. The van der Waals surface area contributed by atoms with Crippen LogP contribution in [0.5, 0.6) is 0 Å². The fourth-order valence-electron chi connectivity index (χ4n) is 2.84. The quantitative estimate of drug-likeness (QED) is 0.446. The van der Waals surface area contributed by atoms with Crippen LogP contribution in [-0.4, -0.2) is 47.5 Å². The Morgan fingerprint density at radius 2 is 1.86 bits per heavy atom. The molecule has 0 aliphatic carbocycles. The zero-order chi connectivity index (χ0) is 20.4. The average molecular weight is 404 g/mol. The number of anilines is 1. The molecule has 2 rings (SSSR count). The molecule has 0 radical (unpaired) electrons. The molecule has 1 heterocycles. The van der Waals surface area contributed by atoms with E-state index >= 15 is 0 Å². The normalized spacial score (nSPS) is 14.2. The molecule has 8 heteroatoms. The lowest BCUT2D eigenvalue weighted by Crippen LogP contribution is -2.33. The number of esters is 1. The first-order valence-corrected chi connectivity index (χ1v) is 9.76. The fourth-order valence-corrected chi connectivity index (χ4v) is 3.05. The first kappa shape index (κ1) is 21.6. The van der Waals surface area contributed by atoms with Gasteiger partial charge >= 0.3 is 5.97 Å². The van der Waals surface area contributed by atoms with Gasteiger partial charge in [0.05, 0.1) is 6.61 Å². The number of thiocarbonyl (C=S) groups is 1. The third-order valence-electron chi connectivity index (χ3n) is 4.15. The van der Waals surface area contributed by atoms with Gasteiger partial charge in [0.15, 0.2) is 5.11 Å². The maximum atomic E-state index is 12.7. The summed E-state index contributed by atoms with van der Waals surface area (Å²) in [6, 6.07) is 6.99. The Morgan fingerprint density at radius 3 is 2.54 bits per heavy atom. The van der Waals surface area contributed by atoms with E-state index in [-0.39, 0.29) is 17.6 Å². The molecule has 1 aliphatic rings. The molecule has 1 aromatic rings. The highest BCUT2D eigenvalue weighted by Crippen LogP contribution is 2.16. The minimum atomic E-state index is -0.601. The summed E-state index contributed by atoms with van der Waals surface area (Å²) in [6.45, 7) is 3.46. The molecule has 1 saturated heterocycles. The molecular weight excluding hydrogens is 378 g/mol. The highest BCUT2D eigenvalue weighted by molar-refractivity contribution is 7.80. The topological polar surface area (TPSA) is 87.7 Å². The minimum Gasteiger partial charge on any atom is -0.463 e. The van der Waals surface area contributed by atoms with Gasteiger partial charge in [-0.2, -0.15) is 0 Å². The van der Waals surface area contributed by atoms with Crippen LogP contribution in [0.25, 0.3) is 0 Å². The lowest BCUT2D eigenvalue weighted by atomic mass is 10.1. The molecule has 2 N–H and O–H groups in total. The zero-order valence-electron chi connectivity index (χ0n) is 15.9. The van der Waals surface area contributed by atoms with Gasteiger partial charge in [0.2, 0.25) is 5.91 Å². The van der Waals surface area contributed by atoms with Crippen molar-refractivity contribution in [1.29, 1.82) is 0 Å². The summed E-state index contributed by atoms with van der Waals surface area (Å²) in [5.41, 5.74) is 1.17. The molecule has 0 aromatic heterocycles. The van der Waals surface area contributed by atoms with E-state index in [1.165, 1.54) is 0 Å². The van der Waals surface area contributed by atoms with Crippen LogP contribution in [-0.2, 0) is 14.3 Å². The van der Waals surface area contributed by atoms with Gasteiger partial charge in [-0.05, 0) is 50.2 Å². The summed E-state index contributed by atoms with van der Waals surface area (Å²) in [4.78, 5) is 37.6. The van der Waals surface area contributed by atoms with Crippen molar-refractivity contribution >= 4 is 40.8 Å². The van der Waals surface area contributed by atoms with Gasteiger partial charge in [-0.3, -0.25) is 14.9 Å². The van der Waals surface area contributed by atoms with E-state index in [1.54, 1.807) is 31.2 Å². The van der Waals surface area contributed by atoms with Crippen molar-refractivity contribution in [2.45, 2.75) is 32.6 Å². The SMILES string of the molecule is CCOC(=O)/C=C/C(=O)NC(=S)Nc1cccc(C(=O)N2CCCCCC2)c1. The molecule has 150 valence electrons. The van der Waals surface area contributed by atoms with E-state index < -0.39 is 11.9 Å². The molecule has 0 bridgehead atoms. The number of benzene rings is 1. The van der Waals surface area contributed by atoms with Crippen molar-refractivity contribution in [3.8, 4) is 0 Å². The fraction of sp³-hybridized carbons (Fsp3) is 0.400. The molecule has 0 saturated carbocycles. The summed E-state index contributed by atoms with van der Waals surface area (Å²) < 4.78 is 4.70. The first-order chi connectivity index (χ1) is 13.5. The van der Waals surface area contributed by atoms with Crippen molar-refractivity contribution in [2.75, 3.05) is 25.0 Å². The van der Waals surface area contributed by atoms with Gasteiger partial charge in [0.1, 0.15) is 0 Å². The molecule has 0 atom stereocenters. The van der Waals surface area contributed by atoms with Gasteiger partial charge in [-0.15, -0.1) is 0 Å². The van der Waals surface area contributed by atoms with E-state index in [4.69, 9.17) is 17.0 Å². The van der Waals surface area contributed by atoms with Crippen LogP contribution < -0.4 is 10.6 Å². The molecule has 2 amide bonds. The summed E-state index contributed by atoms with van der Waals surface area (Å²) in [5, 5.41) is 5.38. The first-order valence-electron chi connectivity index (χ1n) is 9.35. The maximum Gasteiger partial charge on any atom is 0.330 e. The van der Waals surface area contributed by atoms with Crippen molar-refractivity contribution in [2.24, 2.45) is 0 Å². The second-order valence-electron chi connectivity index (χ2n) is 6.32. The standard InChI is InChI=1S/C20H25N3O4S/c1-2-27-18(25)11-10-17(24)22-20(28)21-16-9-7-8-15(14-16)19(26)23-12-5-3-4-6-13-23/h7-11,14H,2-6,12-13H2,1H3,(H2,21,22,24,28)/b11-10+. The zero-order valence-corrected chi connectivity index (χ0v) is 16.7. The molecule has 1 fully saturated rings. The Balaban J connectivity index is 1.92. The number of ether oxygens (including phenoxy) is 1. The minimum absolute atomic E-state index is 0.00197. The molecule has 1 aromatic carbocycles. The van der Waals surface area contributed by atoms with Gasteiger partial charge in [0, 0.05) is 36.5 Å². The number of carbonyl (C=O) groups excluding carboxylic acids is 3. The predicted molar refractivity (Wildman–Crippen MR) is 111 cm³/mol. The van der Waals surface area contributed by atoms with E-state index in [2.05, 4.69) is 10.6 Å². The number of amides is 2. The number of rotatable bonds is 5. The van der Waals surface area contributed by atoms with Crippen LogP contribution in [0, 0.1) is 0 Å². The Labute approximate surface area is 170 Å². The second-order valence-corrected chi connectivity index (χ2v) is 6.72. The van der Waals surface area contributed by atoms with Crippen LogP contribution in [0.3, 0.4) is 0 Å². The van der Waals surface area contributed by atoms with Crippen LogP contribution >= 0.6 is 12.2 Å². The van der Waals surface area contributed by atoms with Crippen LogP contribution in [0.1, 0.15) is 43.0 Å². The van der Waals surface area contributed by atoms with E-state index in [9.17, 15) is 14.4 Å². The van der Waals surface area contributed by atoms with Crippen LogP contribution in [0.15, 0.2) is 36.4 Å². The Bertz CT molecular complexity index is 756. The predicted octanol–water partition coefficient (Wildman–Crippen LogP) is 2.64. The second kappa shape index (κ2) is 11.2. The van der Waals surface area contributed by atoms with Gasteiger partial charge in [0.25, 0.3) is 5.91 Å². The summed E-state index contributed by atoms with van der Waals surface area (Å²) in [5.74, 6) is -1.16. The molecule has 1 aliphatic heterocycles. The smallest absolute Gasteiger partial charge is 0.330 e. The third-order valence-corrected chi connectivity index (χ3v) is 4.36. The molecule has 0 spiro atoms. The van der Waals surface area contributed by atoms with Crippen molar-refractivity contribution in [3.05, 3.63) is 42.0 Å². The Kier molecular flexibility index (Phi) is 8.61.